The van der Waals surface area contributed by atoms with Gasteiger partial charge in [-0.3, -0.25) is 4.57 Å². The van der Waals surface area contributed by atoms with E-state index in [1.54, 1.807) is 13.8 Å². The number of aliphatic hydroxyl groups excluding tert-OH is 1. The average Bonchev–Trinajstić information content (AvgIpc) is 2.18. The largest absolute Gasteiger partial charge is 0.392 e. The first kappa shape index (κ1) is 14.8. The Bertz CT molecular complexity index is 228. The van der Waals surface area contributed by atoms with E-state index >= 15 is 0 Å². The van der Waals surface area contributed by atoms with E-state index in [9.17, 15) is 4.57 Å². The predicted octanol–water partition coefficient (Wildman–Crippen LogP) is 2.58. The maximum atomic E-state index is 11.9. The van der Waals surface area contributed by atoms with Gasteiger partial charge in [0.25, 0.3) is 0 Å². The first-order chi connectivity index (χ1) is 7.08. The molecule has 0 rings (SSSR count). The highest BCUT2D eigenvalue weighted by Gasteiger charge is 2.21. The van der Waals surface area contributed by atoms with Crippen molar-refractivity contribution in [2.24, 2.45) is 0 Å². The van der Waals surface area contributed by atoms with E-state index in [-0.39, 0.29) is 6.61 Å². The van der Waals surface area contributed by atoms with Crippen LogP contribution in [0.2, 0.25) is 0 Å². The van der Waals surface area contributed by atoms with Crippen molar-refractivity contribution in [2.45, 2.75) is 27.2 Å². The van der Waals surface area contributed by atoms with Gasteiger partial charge < -0.3 is 14.2 Å². The van der Waals surface area contributed by atoms with Gasteiger partial charge in [0.05, 0.1) is 26.0 Å². The van der Waals surface area contributed by atoms with Crippen LogP contribution in [0.25, 0.3) is 0 Å². The minimum Gasteiger partial charge on any atom is -0.392 e. The van der Waals surface area contributed by atoms with Crippen molar-refractivity contribution >= 4 is 7.60 Å². The summed E-state index contributed by atoms with van der Waals surface area (Å²) in [5.74, 6) is 0. The zero-order valence-electron chi connectivity index (χ0n) is 9.73. The number of allylic oxidation sites excluding steroid dienone is 1. The van der Waals surface area contributed by atoms with Gasteiger partial charge in [-0.1, -0.05) is 11.6 Å². The second kappa shape index (κ2) is 8.05. The number of hydrogen-bond acceptors (Lipinski definition) is 4. The van der Waals surface area contributed by atoms with E-state index in [1.807, 2.05) is 13.0 Å². The number of rotatable bonds is 8. The molecule has 90 valence electrons. The van der Waals surface area contributed by atoms with Gasteiger partial charge in [0, 0.05) is 0 Å². The lowest BCUT2D eigenvalue weighted by Crippen LogP contribution is -2.00. The highest BCUT2D eigenvalue weighted by atomic mass is 31.2. The molecule has 0 radical (unpaired) electrons. The first-order valence-corrected chi connectivity index (χ1v) is 6.95. The molecule has 0 aliphatic carbocycles. The zero-order chi connectivity index (χ0) is 11.7. The monoisotopic (exact) mass is 236 g/mol. The molecular weight excluding hydrogens is 215 g/mol. The van der Waals surface area contributed by atoms with E-state index in [1.165, 1.54) is 0 Å². The summed E-state index contributed by atoms with van der Waals surface area (Å²) < 4.78 is 22.2. The standard InChI is InChI=1S/C10H21O4P/c1-4-13-15(12,14-5-2)8-6-7-10(3)9-11/h7,11H,4-6,8-9H2,1-3H3/b10-7+. The minimum absolute atomic E-state index is 0.0353. The Balaban J connectivity index is 4.12. The molecule has 15 heavy (non-hydrogen) atoms. The van der Waals surface area contributed by atoms with Crippen LogP contribution in [0.1, 0.15) is 27.2 Å². The van der Waals surface area contributed by atoms with Crippen LogP contribution in [0.15, 0.2) is 11.6 Å². The Morgan fingerprint density at radius 1 is 1.33 bits per heavy atom. The molecule has 0 aromatic carbocycles. The van der Waals surface area contributed by atoms with Crippen molar-refractivity contribution in [1.82, 2.24) is 0 Å². The third-order valence-corrected chi connectivity index (χ3v) is 3.91. The fraction of sp³-hybridized carbons (Fsp3) is 0.800. The summed E-state index contributed by atoms with van der Waals surface area (Å²) >= 11 is 0. The van der Waals surface area contributed by atoms with Crippen molar-refractivity contribution in [3.8, 4) is 0 Å². The van der Waals surface area contributed by atoms with Crippen LogP contribution < -0.4 is 0 Å². The van der Waals surface area contributed by atoms with Crippen molar-refractivity contribution in [2.75, 3.05) is 26.0 Å². The van der Waals surface area contributed by atoms with Gasteiger partial charge in [-0.2, -0.15) is 0 Å². The van der Waals surface area contributed by atoms with E-state index in [2.05, 4.69) is 0 Å². The lowest BCUT2D eigenvalue weighted by molar-refractivity contribution is 0.220. The van der Waals surface area contributed by atoms with Gasteiger partial charge in [-0.25, -0.2) is 0 Å². The van der Waals surface area contributed by atoms with Crippen LogP contribution in [-0.4, -0.2) is 31.1 Å². The third kappa shape index (κ3) is 6.85. The molecule has 0 spiro atoms. The first-order valence-electron chi connectivity index (χ1n) is 5.22. The van der Waals surface area contributed by atoms with Gasteiger partial charge in [-0.15, -0.1) is 0 Å². The summed E-state index contributed by atoms with van der Waals surface area (Å²) in [5.41, 5.74) is 0.870. The summed E-state index contributed by atoms with van der Waals surface area (Å²) in [5, 5.41) is 8.77. The molecule has 0 atom stereocenters. The second-order valence-electron chi connectivity index (χ2n) is 3.17. The SMILES string of the molecule is CCOP(=O)(CC/C=C(\C)CO)OCC. The van der Waals surface area contributed by atoms with E-state index in [4.69, 9.17) is 14.2 Å². The summed E-state index contributed by atoms with van der Waals surface area (Å²) in [7, 11) is -2.91. The fourth-order valence-corrected chi connectivity index (χ4v) is 2.66. The summed E-state index contributed by atoms with van der Waals surface area (Å²) in [6, 6.07) is 0. The quantitative estimate of drug-likeness (QED) is 0.520. The zero-order valence-corrected chi connectivity index (χ0v) is 10.6. The van der Waals surface area contributed by atoms with Gasteiger partial charge in [0.15, 0.2) is 0 Å². The molecule has 0 aliphatic heterocycles. The molecule has 4 nitrogen and oxygen atoms in total. The molecule has 0 fully saturated rings. The molecule has 0 aromatic heterocycles. The molecule has 0 saturated carbocycles. The molecule has 0 saturated heterocycles. The van der Waals surface area contributed by atoms with Gasteiger partial charge in [0.1, 0.15) is 0 Å². The van der Waals surface area contributed by atoms with Crippen LogP contribution in [0.4, 0.5) is 0 Å². The van der Waals surface area contributed by atoms with Crippen molar-refractivity contribution in [1.29, 1.82) is 0 Å². The van der Waals surface area contributed by atoms with Gasteiger partial charge >= 0.3 is 7.60 Å². The predicted molar refractivity (Wildman–Crippen MR) is 61.2 cm³/mol. The van der Waals surface area contributed by atoms with E-state index < -0.39 is 7.60 Å². The van der Waals surface area contributed by atoms with Crippen LogP contribution in [0.5, 0.6) is 0 Å². The molecule has 0 unspecified atom stereocenters. The Hall–Kier alpha value is -0.150. The molecule has 0 aliphatic rings. The normalized spacial score (nSPS) is 13.2. The Kier molecular flexibility index (Phi) is 7.97. The Labute approximate surface area is 91.8 Å². The maximum Gasteiger partial charge on any atom is 0.330 e. The average molecular weight is 236 g/mol. The number of hydrogen-bond donors (Lipinski definition) is 1. The van der Waals surface area contributed by atoms with Crippen LogP contribution in [0.3, 0.4) is 0 Å². The van der Waals surface area contributed by atoms with Gasteiger partial charge in [0.2, 0.25) is 0 Å². The molecule has 0 amide bonds. The fourth-order valence-electron chi connectivity index (χ4n) is 1.09. The summed E-state index contributed by atoms with van der Waals surface area (Å²) in [6.45, 7) is 6.22. The molecule has 0 bridgehead atoms. The van der Waals surface area contributed by atoms with Crippen molar-refractivity contribution in [3.63, 3.8) is 0 Å². The Morgan fingerprint density at radius 2 is 1.87 bits per heavy atom. The number of aliphatic hydroxyl groups is 1. The summed E-state index contributed by atoms with van der Waals surface area (Å²) in [6.07, 6.45) is 2.82. The Morgan fingerprint density at radius 3 is 2.27 bits per heavy atom. The lowest BCUT2D eigenvalue weighted by Gasteiger charge is -2.15. The molecule has 1 N–H and O–H groups in total. The van der Waals surface area contributed by atoms with E-state index in [0.29, 0.717) is 25.8 Å². The molecule has 0 aromatic rings. The van der Waals surface area contributed by atoms with Crippen LogP contribution in [0, 0.1) is 0 Å². The lowest BCUT2D eigenvalue weighted by atomic mass is 10.3. The highest BCUT2D eigenvalue weighted by molar-refractivity contribution is 7.53. The van der Waals surface area contributed by atoms with Crippen molar-refractivity contribution in [3.05, 3.63) is 11.6 Å². The summed E-state index contributed by atoms with van der Waals surface area (Å²) in [4.78, 5) is 0. The maximum absolute atomic E-state index is 11.9. The molecule has 0 heterocycles. The third-order valence-electron chi connectivity index (χ3n) is 1.80. The van der Waals surface area contributed by atoms with Crippen LogP contribution >= 0.6 is 7.60 Å². The molecule has 5 heteroatoms. The molecular formula is C10H21O4P. The minimum atomic E-state index is -2.91. The second-order valence-corrected chi connectivity index (χ2v) is 5.35. The topological polar surface area (TPSA) is 55.8 Å². The highest BCUT2D eigenvalue weighted by Crippen LogP contribution is 2.48. The van der Waals surface area contributed by atoms with Crippen LogP contribution in [-0.2, 0) is 13.6 Å². The van der Waals surface area contributed by atoms with E-state index in [0.717, 1.165) is 5.57 Å². The van der Waals surface area contributed by atoms with Gasteiger partial charge in [-0.05, 0) is 27.2 Å². The smallest absolute Gasteiger partial charge is 0.330 e. The van der Waals surface area contributed by atoms with Crippen molar-refractivity contribution < 1.29 is 18.7 Å².